The molecule has 0 saturated heterocycles. The van der Waals surface area contributed by atoms with Crippen molar-refractivity contribution in [1.29, 1.82) is 0 Å². The molecule has 0 spiro atoms. The second-order valence-corrected chi connectivity index (χ2v) is 1.81. The SMILES string of the molecule is NC(N)=O.Nc1nc(N)nc(N)n1.[NaH]. The number of hydrogen-bond acceptors (Lipinski definition) is 7. The van der Waals surface area contributed by atoms with Gasteiger partial charge in [-0.1, -0.05) is 0 Å². The van der Waals surface area contributed by atoms with E-state index in [4.69, 9.17) is 22.0 Å². The quantitative estimate of drug-likeness (QED) is 0.282. The Morgan fingerprint density at radius 3 is 1.14 bits per heavy atom. The van der Waals surface area contributed by atoms with Gasteiger partial charge in [0, 0.05) is 0 Å². The van der Waals surface area contributed by atoms with E-state index in [9.17, 15) is 0 Å². The number of nitrogen functional groups attached to an aromatic ring is 3. The van der Waals surface area contributed by atoms with Crippen LogP contribution in [0.5, 0.6) is 0 Å². The minimum atomic E-state index is -0.833. The van der Waals surface area contributed by atoms with Crippen molar-refractivity contribution in [2.45, 2.75) is 0 Å². The van der Waals surface area contributed by atoms with Crippen LogP contribution in [0, 0.1) is 0 Å². The van der Waals surface area contributed by atoms with Gasteiger partial charge >= 0.3 is 35.6 Å². The number of anilines is 3. The number of amides is 2. The maximum atomic E-state index is 9.00. The summed E-state index contributed by atoms with van der Waals surface area (Å²) in [6.07, 6.45) is 0. The van der Waals surface area contributed by atoms with Crippen LogP contribution in [-0.4, -0.2) is 50.5 Å². The van der Waals surface area contributed by atoms with E-state index >= 15 is 0 Å². The summed E-state index contributed by atoms with van der Waals surface area (Å²) in [6.45, 7) is 0. The molecule has 0 aliphatic carbocycles. The summed E-state index contributed by atoms with van der Waals surface area (Å²) in [6, 6.07) is -0.833. The van der Waals surface area contributed by atoms with Gasteiger partial charge in [-0.05, 0) is 0 Å². The third-order valence-corrected chi connectivity index (χ3v) is 0.687. The van der Waals surface area contributed by atoms with Crippen LogP contribution < -0.4 is 28.7 Å². The first-order chi connectivity index (χ1) is 5.91. The van der Waals surface area contributed by atoms with Gasteiger partial charge in [0.1, 0.15) is 0 Å². The minimum absolute atomic E-state index is 0. The van der Waals surface area contributed by atoms with Crippen molar-refractivity contribution in [3.05, 3.63) is 0 Å². The molecule has 0 unspecified atom stereocenters. The number of carbonyl (C=O) groups excluding carboxylic acids is 1. The monoisotopic (exact) mass is 210 g/mol. The molecule has 9 nitrogen and oxygen atoms in total. The zero-order valence-corrected chi connectivity index (χ0v) is 6.64. The summed E-state index contributed by atoms with van der Waals surface area (Å²) in [7, 11) is 0. The third-order valence-electron chi connectivity index (χ3n) is 0.687. The number of nitrogens with zero attached hydrogens (tertiary/aromatic N) is 3. The molecule has 0 aliphatic heterocycles. The normalized spacial score (nSPS) is 7.71. The maximum absolute atomic E-state index is 9.00. The number of primary amides is 2. The van der Waals surface area contributed by atoms with Crippen molar-refractivity contribution in [3.63, 3.8) is 0 Å². The van der Waals surface area contributed by atoms with Gasteiger partial charge in [-0.25, -0.2) is 4.79 Å². The molecule has 1 aromatic heterocycles. The molecule has 74 valence electrons. The van der Waals surface area contributed by atoms with Crippen molar-refractivity contribution < 1.29 is 4.79 Å². The summed E-state index contributed by atoms with van der Waals surface area (Å²) >= 11 is 0. The van der Waals surface area contributed by atoms with E-state index in [1.54, 1.807) is 0 Å². The summed E-state index contributed by atoms with van der Waals surface area (Å²) in [5, 5.41) is 0. The first-order valence-electron chi connectivity index (χ1n) is 2.99. The molecule has 14 heavy (non-hydrogen) atoms. The molecule has 1 rings (SSSR count). The molecule has 0 aromatic carbocycles. The Hall–Kier alpha value is -1.32. The second-order valence-electron chi connectivity index (χ2n) is 1.81. The molecule has 0 bridgehead atoms. The fourth-order valence-electron chi connectivity index (χ4n) is 0.427. The van der Waals surface area contributed by atoms with Crippen LogP contribution in [0.15, 0.2) is 0 Å². The van der Waals surface area contributed by atoms with Crippen LogP contribution in [0.1, 0.15) is 0 Å². The number of urea groups is 1. The Labute approximate surface area is 102 Å². The molecule has 1 heterocycles. The van der Waals surface area contributed by atoms with E-state index in [1.165, 1.54) is 0 Å². The Balaban J connectivity index is 0. The Morgan fingerprint density at radius 2 is 1.00 bits per heavy atom. The number of aromatic nitrogens is 3. The van der Waals surface area contributed by atoms with Crippen LogP contribution in [0.2, 0.25) is 0 Å². The first kappa shape index (κ1) is 15.2. The number of rotatable bonds is 0. The van der Waals surface area contributed by atoms with E-state index in [1.807, 2.05) is 0 Å². The molecule has 10 heteroatoms. The molecule has 0 radical (unpaired) electrons. The number of carbonyl (C=O) groups is 1. The molecule has 2 amide bonds. The fourth-order valence-corrected chi connectivity index (χ4v) is 0.427. The third kappa shape index (κ3) is 8.77. The van der Waals surface area contributed by atoms with Crippen molar-refractivity contribution in [2.24, 2.45) is 11.5 Å². The van der Waals surface area contributed by atoms with Crippen molar-refractivity contribution in [1.82, 2.24) is 15.0 Å². The predicted octanol–water partition coefficient (Wildman–Crippen LogP) is -3.01. The molecule has 10 N–H and O–H groups in total. The Bertz CT molecular complexity index is 249. The van der Waals surface area contributed by atoms with Gasteiger partial charge in [0.2, 0.25) is 17.8 Å². The molecular formula is C4H11N8NaO. The fraction of sp³-hybridized carbons (Fsp3) is 0. The molecule has 0 saturated carbocycles. The zero-order valence-electron chi connectivity index (χ0n) is 6.64. The standard InChI is InChI=1S/C3H6N6.CH4N2O.Na.H/c4-1-7-2(5)9-3(6)8-1;2-1(3)4;;/h(H6,4,5,6,7,8,9);(H4,2,3,4);;. The molecule has 0 atom stereocenters. The van der Waals surface area contributed by atoms with Crippen molar-refractivity contribution in [3.8, 4) is 0 Å². The predicted molar refractivity (Wildman–Crippen MR) is 54.0 cm³/mol. The van der Waals surface area contributed by atoms with Crippen molar-refractivity contribution >= 4 is 53.4 Å². The molecule has 0 fully saturated rings. The van der Waals surface area contributed by atoms with E-state index in [0.717, 1.165) is 0 Å². The van der Waals surface area contributed by atoms with Gasteiger partial charge in [-0.2, -0.15) is 15.0 Å². The van der Waals surface area contributed by atoms with Crippen LogP contribution in [0.4, 0.5) is 22.6 Å². The van der Waals surface area contributed by atoms with Gasteiger partial charge in [0.25, 0.3) is 0 Å². The number of nitrogens with two attached hydrogens (primary N) is 5. The topological polar surface area (TPSA) is 186 Å². The molecule has 1 aromatic rings. The average molecular weight is 210 g/mol. The van der Waals surface area contributed by atoms with Gasteiger partial charge in [0.05, 0.1) is 0 Å². The van der Waals surface area contributed by atoms with Gasteiger partial charge in [-0.15, -0.1) is 0 Å². The number of hydrogen-bond donors (Lipinski definition) is 5. The van der Waals surface area contributed by atoms with Crippen LogP contribution >= 0.6 is 0 Å². The van der Waals surface area contributed by atoms with Crippen LogP contribution in [0.3, 0.4) is 0 Å². The summed E-state index contributed by atoms with van der Waals surface area (Å²) in [4.78, 5) is 19.5. The average Bonchev–Trinajstić information content (AvgIpc) is 1.80. The van der Waals surface area contributed by atoms with Gasteiger partial charge in [0.15, 0.2) is 0 Å². The Morgan fingerprint density at radius 1 is 0.857 bits per heavy atom. The summed E-state index contributed by atoms with van der Waals surface area (Å²) in [5.74, 6) is 0.125. The first-order valence-corrected chi connectivity index (χ1v) is 2.99. The van der Waals surface area contributed by atoms with Gasteiger partial charge < -0.3 is 28.7 Å². The van der Waals surface area contributed by atoms with E-state index < -0.39 is 6.03 Å². The zero-order chi connectivity index (χ0) is 10.4. The molecule has 0 aliphatic rings. The van der Waals surface area contributed by atoms with Crippen LogP contribution in [-0.2, 0) is 0 Å². The summed E-state index contributed by atoms with van der Waals surface area (Å²) in [5.41, 5.74) is 23.9. The van der Waals surface area contributed by atoms with Gasteiger partial charge in [-0.3, -0.25) is 0 Å². The van der Waals surface area contributed by atoms with E-state index in [-0.39, 0.29) is 47.4 Å². The second kappa shape index (κ2) is 7.12. The van der Waals surface area contributed by atoms with Crippen molar-refractivity contribution in [2.75, 3.05) is 17.2 Å². The molecular weight excluding hydrogens is 199 g/mol. The van der Waals surface area contributed by atoms with E-state index in [2.05, 4.69) is 26.4 Å². The van der Waals surface area contributed by atoms with E-state index in [0.29, 0.717) is 0 Å². The Kier molecular flexibility index (Phi) is 7.71. The summed E-state index contributed by atoms with van der Waals surface area (Å²) < 4.78 is 0. The van der Waals surface area contributed by atoms with Crippen LogP contribution in [0.25, 0.3) is 0 Å².